The second-order valence-corrected chi connectivity index (χ2v) is 10.6. The van der Waals surface area contributed by atoms with Gasteiger partial charge < -0.3 is 24.5 Å². The molecule has 208 valence electrons. The van der Waals surface area contributed by atoms with Crippen molar-refractivity contribution in [1.29, 1.82) is 0 Å². The number of rotatable bonds is 17. The minimum atomic E-state index is -0.992. The van der Waals surface area contributed by atoms with E-state index in [4.69, 9.17) is 9.84 Å². The Morgan fingerprint density at radius 1 is 1.11 bits per heavy atom. The highest BCUT2D eigenvalue weighted by Gasteiger charge is 2.39. The van der Waals surface area contributed by atoms with E-state index in [1.54, 1.807) is 12.2 Å². The fourth-order valence-electron chi connectivity index (χ4n) is 4.29. The number of likely N-dealkylation sites (N-methyl/N-ethyl adjacent to an activating group) is 1. The average molecular weight is 521 g/mol. The number of carboxylic acid groups (broad SMARTS) is 1. The number of carbonyl (C=O) groups excluding carboxylic acids is 2. The average Bonchev–Trinajstić information content (AvgIpc) is 3.04. The first-order valence-electron chi connectivity index (χ1n) is 13.2. The lowest BCUT2D eigenvalue weighted by Crippen LogP contribution is -2.43. The highest BCUT2D eigenvalue weighted by Crippen LogP contribution is 2.33. The molecule has 0 aliphatic heterocycles. The van der Waals surface area contributed by atoms with Crippen LogP contribution in [-0.4, -0.2) is 83.5 Å². The summed E-state index contributed by atoms with van der Waals surface area (Å²) in [5.41, 5.74) is 0. The maximum absolute atomic E-state index is 12.2. The van der Waals surface area contributed by atoms with Crippen molar-refractivity contribution in [3.8, 4) is 0 Å². The first-order chi connectivity index (χ1) is 17.4. The van der Waals surface area contributed by atoms with E-state index >= 15 is 0 Å². The Bertz CT molecular complexity index is 838. The monoisotopic (exact) mass is 520 g/mol. The van der Waals surface area contributed by atoms with Gasteiger partial charge in [0.05, 0.1) is 39.8 Å². The van der Waals surface area contributed by atoms with Crippen molar-refractivity contribution in [2.45, 2.75) is 76.6 Å². The molecule has 37 heavy (non-hydrogen) atoms. The minimum Gasteiger partial charge on any atom is -0.481 e. The molecule has 0 saturated heterocycles. The molecule has 0 heterocycles. The Labute approximate surface area is 221 Å². The van der Waals surface area contributed by atoms with Gasteiger partial charge in [-0.05, 0) is 32.1 Å². The fraction of sp³-hybridized carbons (Fsp3) is 0.621. The van der Waals surface area contributed by atoms with Crippen molar-refractivity contribution in [3.05, 3.63) is 48.6 Å². The molecule has 0 radical (unpaired) electrons. The minimum absolute atomic E-state index is 0.0709. The van der Waals surface area contributed by atoms with Gasteiger partial charge in [0.2, 0.25) is 0 Å². The third-order valence-corrected chi connectivity index (χ3v) is 6.03. The van der Waals surface area contributed by atoms with Crippen molar-refractivity contribution < 1.29 is 38.9 Å². The SMILES string of the molecule is CC/C=C/CC1C(=O)CC(O)C1/C=C/C(O)C/C=C/C/C=C/CCC(=O)OC(CC(=O)O)C[N+](C)(C)C. The molecule has 1 aliphatic carbocycles. The molecule has 0 aromatic carbocycles. The number of hydrogen-bond acceptors (Lipinski definition) is 6. The molecule has 3 N–H and O–H groups in total. The number of aliphatic hydroxyl groups is 2. The van der Waals surface area contributed by atoms with E-state index in [1.165, 1.54) is 0 Å². The van der Waals surface area contributed by atoms with Crippen molar-refractivity contribution in [2.75, 3.05) is 27.7 Å². The number of carbonyl (C=O) groups is 3. The molecule has 5 atom stereocenters. The second kappa shape index (κ2) is 17.1. The smallest absolute Gasteiger partial charge is 0.307 e. The van der Waals surface area contributed by atoms with Gasteiger partial charge in [0, 0.05) is 24.7 Å². The van der Waals surface area contributed by atoms with Crippen LogP contribution in [0.25, 0.3) is 0 Å². The standard InChI is InChI=1S/C29H45NO7/c1-5-6-11-15-24-25(27(33)20-26(24)32)18-17-22(31)14-12-9-7-8-10-13-16-29(36)37-23(19-28(34)35)21-30(2,3)4/h6,8-12,17-18,22-25,27,31,33H,5,7,13-16,19-21H2,1-4H3/p+1/b10-8+,11-6+,12-9+,18-17+. The van der Waals surface area contributed by atoms with Crippen molar-refractivity contribution in [1.82, 2.24) is 0 Å². The van der Waals surface area contributed by atoms with Crippen LogP contribution in [0.1, 0.15) is 58.3 Å². The van der Waals surface area contributed by atoms with Crippen LogP contribution in [0.15, 0.2) is 48.6 Å². The van der Waals surface area contributed by atoms with Gasteiger partial charge in [-0.1, -0.05) is 55.5 Å². The number of ether oxygens (including phenoxy) is 1. The molecule has 5 unspecified atom stereocenters. The molecule has 0 aromatic rings. The molecule has 0 bridgehead atoms. The number of esters is 1. The normalized spacial score (nSPS) is 22.5. The number of carboxylic acids is 1. The van der Waals surface area contributed by atoms with Crippen LogP contribution in [-0.2, 0) is 19.1 Å². The maximum atomic E-state index is 12.2. The Balaban J connectivity index is 2.36. The largest absolute Gasteiger partial charge is 0.481 e. The second-order valence-electron chi connectivity index (χ2n) is 10.6. The Morgan fingerprint density at radius 3 is 2.46 bits per heavy atom. The van der Waals surface area contributed by atoms with Crippen LogP contribution in [0.2, 0.25) is 0 Å². The van der Waals surface area contributed by atoms with Crippen LogP contribution in [0.4, 0.5) is 0 Å². The highest BCUT2D eigenvalue weighted by molar-refractivity contribution is 5.84. The summed E-state index contributed by atoms with van der Waals surface area (Å²) in [7, 11) is 5.75. The molecule has 0 spiro atoms. The molecule has 0 amide bonds. The summed E-state index contributed by atoms with van der Waals surface area (Å²) in [6, 6.07) is 0. The number of allylic oxidation sites excluding steroid dienone is 5. The zero-order valence-corrected chi connectivity index (χ0v) is 22.8. The van der Waals surface area contributed by atoms with E-state index in [0.29, 0.717) is 36.7 Å². The Hall–Kier alpha value is -2.55. The predicted molar refractivity (Wildman–Crippen MR) is 144 cm³/mol. The molecule has 1 rings (SSSR count). The van der Waals surface area contributed by atoms with Crippen molar-refractivity contribution in [2.24, 2.45) is 11.8 Å². The number of Topliss-reactive ketones (excluding diaryl/α,β-unsaturated/α-hetero) is 1. The summed E-state index contributed by atoms with van der Waals surface area (Å²) >= 11 is 0. The highest BCUT2D eigenvalue weighted by atomic mass is 16.5. The van der Waals surface area contributed by atoms with Crippen LogP contribution in [0.3, 0.4) is 0 Å². The molecular formula is C29H46NO7+. The number of nitrogens with zero attached hydrogens (tertiary/aromatic N) is 1. The molecule has 1 saturated carbocycles. The molecule has 0 aromatic heterocycles. The van der Waals surface area contributed by atoms with E-state index < -0.39 is 30.3 Å². The lowest BCUT2D eigenvalue weighted by molar-refractivity contribution is -0.873. The van der Waals surface area contributed by atoms with Gasteiger partial charge in [-0.3, -0.25) is 14.4 Å². The maximum Gasteiger partial charge on any atom is 0.307 e. The Morgan fingerprint density at radius 2 is 1.81 bits per heavy atom. The summed E-state index contributed by atoms with van der Waals surface area (Å²) in [6.45, 7) is 2.46. The number of quaternary nitrogens is 1. The summed E-state index contributed by atoms with van der Waals surface area (Å²) in [6.07, 6.45) is 16.2. The fourth-order valence-corrected chi connectivity index (χ4v) is 4.29. The quantitative estimate of drug-likeness (QED) is 0.152. The predicted octanol–water partition coefficient (Wildman–Crippen LogP) is 3.59. The van der Waals surface area contributed by atoms with E-state index in [0.717, 1.165) is 6.42 Å². The topological polar surface area (TPSA) is 121 Å². The van der Waals surface area contributed by atoms with Crippen LogP contribution in [0.5, 0.6) is 0 Å². The molecule has 8 heteroatoms. The van der Waals surface area contributed by atoms with Crippen molar-refractivity contribution in [3.63, 3.8) is 0 Å². The zero-order valence-electron chi connectivity index (χ0n) is 22.8. The number of aliphatic hydroxyl groups excluding tert-OH is 2. The van der Waals surface area contributed by atoms with E-state index in [1.807, 2.05) is 64.5 Å². The lowest BCUT2D eigenvalue weighted by atomic mass is 9.90. The molecule has 1 fully saturated rings. The summed E-state index contributed by atoms with van der Waals surface area (Å²) in [4.78, 5) is 35.3. The lowest BCUT2D eigenvalue weighted by Gasteiger charge is -2.28. The van der Waals surface area contributed by atoms with Gasteiger partial charge in [0.15, 0.2) is 6.10 Å². The van der Waals surface area contributed by atoms with Gasteiger partial charge in [-0.2, -0.15) is 0 Å². The van der Waals surface area contributed by atoms with Crippen LogP contribution < -0.4 is 0 Å². The summed E-state index contributed by atoms with van der Waals surface area (Å²) in [5, 5.41) is 29.5. The van der Waals surface area contributed by atoms with Crippen LogP contribution >= 0.6 is 0 Å². The number of hydrogen-bond donors (Lipinski definition) is 3. The molecular weight excluding hydrogens is 474 g/mol. The molecule has 1 aliphatic rings. The summed E-state index contributed by atoms with van der Waals surface area (Å²) < 4.78 is 5.86. The van der Waals surface area contributed by atoms with E-state index in [2.05, 4.69) is 0 Å². The van der Waals surface area contributed by atoms with Gasteiger partial charge in [0.25, 0.3) is 0 Å². The summed E-state index contributed by atoms with van der Waals surface area (Å²) in [5.74, 6) is -1.84. The van der Waals surface area contributed by atoms with Crippen molar-refractivity contribution >= 4 is 17.7 Å². The number of aliphatic carboxylic acids is 1. The number of ketones is 1. The Kier molecular flexibility index (Phi) is 15.0. The van der Waals surface area contributed by atoms with Gasteiger partial charge in [-0.25, -0.2) is 0 Å². The van der Waals surface area contributed by atoms with E-state index in [-0.39, 0.29) is 36.9 Å². The third kappa shape index (κ3) is 14.7. The van der Waals surface area contributed by atoms with Gasteiger partial charge >= 0.3 is 11.9 Å². The van der Waals surface area contributed by atoms with Gasteiger partial charge in [-0.15, -0.1) is 0 Å². The zero-order chi connectivity index (χ0) is 27.8. The first-order valence-corrected chi connectivity index (χ1v) is 13.2. The van der Waals surface area contributed by atoms with E-state index in [9.17, 15) is 24.6 Å². The van der Waals surface area contributed by atoms with Crippen LogP contribution in [0, 0.1) is 11.8 Å². The third-order valence-electron chi connectivity index (χ3n) is 6.03. The first kappa shape index (κ1) is 32.5. The molecule has 8 nitrogen and oxygen atoms in total. The van der Waals surface area contributed by atoms with Gasteiger partial charge in [0.1, 0.15) is 12.3 Å².